The van der Waals surface area contributed by atoms with Gasteiger partial charge in [0.05, 0.1) is 23.9 Å². The van der Waals surface area contributed by atoms with E-state index in [4.69, 9.17) is 14.5 Å². The molecule has 3 aromatic heterocycles. The molecule has 0 amide bonds. The number of aromatic nitrogens is 5. The van der Waals surface area contributed by atoms with Crippen LogP contribution in [0.2, 0.25) is 0 Å². The Morgan fingerprint density at radius 2 is 2.10 bits per heavy atom. The first-order valence-electron chi connectivity index (χ1n) is 9.11. The normalized spacial score (nSPS) is 10.1. The highest BCUT2D eigenvalue weighted by atomic mass is 35.5. The van der Waals surface area contributed by atoms with E-state index >= 15 is 0 Å². The summed E-state index contributed by atoms with van der Waals surface area (Å²) in [4.78, 5) is 8.58. The molecule has 158 valence electrons. The number of halogens is 1. The van der Waals surface area contributed by atoms with E-state index in [0.29, 0.717) is 47.9 Å². The number of benzene rings is 1. The number of rotatable bonds is 8. The largest absolute Gasteiger partial charge is 0.473 e. The van der Waals surface area contributed by atoms with Gasteiger partial charge in [0.1, 0.15) is 12.4 Å². The number of hydrogen-bond donors (Lipinski definition) is 3. The highest BCUT2D eigenvalue weighted by Gasteiger charge is 2.07. The Bertz CT molecular complexity index is 1180. The van der Waals surface area contributed by atoms with E-state index in [1.165, 1.54) is 0 Å². The zero-order valence-electron chi connectivity index (χ0n) is 16.5. The number of nitrogens with one attached hydrogen (secondary N) is 3. The molecule has 0 radical (unpaired) electrons. The molecular weight excluding hydrogens is 420 g/mol. The minimum Gasteiger partial charge on any atom is -0.473 e. The van der Waals surface area contributed by atoms with Crippen molar-refractivity contribution >= 4 is 30.0 Å². The first kappa shape index (κ1) is 21.6. The lowest BCUT2D eigenvalue weighted by atomic mass is 10.1. The minimum absolute atomic E-state index is 0. The first-order valence-corrected chi connectivity index (χ1v) is 9.11. The lowest BCUT2D eigenvalue weighted by molar-refractivity contribution is 0.293. The van der Waals surface area contributed by atoms with Crippen molar-refractivity contribution in [3.8, 4) is 11.9 Å². The van der Waals surface area contributed by atoms with Gasteiger partial charge < -0.3 is 19.9 Å². The summed E-state index contributed by atoms with van der Waals surface area (Å²) < 4.78 is 10.8. The van der Waals surface area contributed by atoms with Gasteiger partial charge in [-0.25, -0.2) is 10.1 Å². The molecule has 4 aromatic rings. The van der Waals surface area contributed by atoms with Crippen molar-refractivity contribution in [2.24, 2.45) is 0 Å². The molecular formula is C20H19ClN8O2. The van der Waals surface area contributed by atoms with Gasteiger partial charge >= 0.3 is 0 Å². The van der Waals surface area contributed by atoms with Gasteiger partial charge in [-0.05, 0) is 30.7 Å². The lowest BCUT2D eigenvalue weighted by Gasteiger charge is -2.05. The van der Waals surface area contributed by atoms with Crippen LogP contribution >= 0.6 is 12.4 Å². The van der Waals surface area contributed by atoms with E-state index in [2.05, 4.69) is 42.0 Å². The highest BCUT2D eigenvalue weighted by molar-refractivity contribution is 5.85. The van der Waals surface area contributed by atoms with E-state index in [-0.39, 0.29) is 12.4 Å². The maximum atomic E-state index is 8.97. The molecule has 0 spiro atoms. The maximum absolute atomic E-state index is 8.97. The average Bonchev–Trinajstić information content (AvgIpc) is 3.40. The van der Waals surface area contributed by atoms with Crippen molar-refractivity contribution in [2.45, 2.75) is 20.1 Å². The summed E-state index contributed by atoms with van der Waals surface area (Å²) in [6.45, 7) is 2.61. The number of H-pyrrole nitrogens is 1. The van der Waals surface area contributed by atoms with Crippen LogP contribution in [-0.4, -0.2) is 25.3 Å². The van der Waals surface area contributed by atoms with E-state index in [1.54, 1.807) is 30.5 Å². The Kier molecular flexibility index (Phi) is 7.03. The Morgan fingerprint density at radius 3 is 2.90 bits per heavy atom. The molecule has 3 N–H and O–H groups in total. The molecule has 0 unspecified atom stereocenters. The number of anilines is 3. The van der Waals surface area contributed by atoms with Crippen molar-refractivity contribution in [1.82, 2.24) is 25.3 Å². The SMILES string of the molecule is Cc1cc(CNc2nccc(Nc3cc(OCc4cccc(C#N)c4)[nH]n3)n2)on1.Cl. The molecule has 3 heterocycles. The summed E-state index contributed by atoms with van der Waals surface area (Å²) in [6.07, 6.45) is 1.63. The molecule has 0 fully saturated rings. The second-order valence-electron chi connectivity index (χ2n) is 6.40. The number of nitriles is 1. The molecule has 4 rings (SSSR count). The molecule has 10 nitrogen and oxygen atoms in total. The third-order valence-electron chi connectivity index (χ3n) is 4.01. The first-order chi connectivity index (χ1) is 14.7. The fourth-order valence-corrected chi connectivity index (χ4v) is 2.64. The fourth-order valence-electron chi connectivity index (χ4n) is 2.64. The standard InChI is InChI=1S/C20H18N8O2.ClH/c1-13-7-16(30-28-13)11-23-20-22-6-5-17(25-20)24-18-9-19(27-26-18)29-12-15-4-2-3-14(8-15)10-21;/h2-9H,11-12H2,1H3,(H3,22,23,24,25,26,27);1H. The third-order valence-corrected chi connectivity index (χ3v) is 4.01. The number of ether oxygens (including phenoxy) is 1. The van der Waals surface area contributed by atoms with Gasteiger partial charge in [-0.2, -0.15) is 15.3 Å². The van der Waals surface area contributed by atoms with Crippen LogP contribution in [0.25, 0.3) is 0 Å². The smallest absolute Gasteiger partial charge is 0.224 e. The summed E-state index contributed by atoms with van der Waals surface area (Å²) in [7, 11) is 0. The third kappa shape index (κ3) is 5.94. The Morgan fingerprint density at radius 1 is 1.19 bits per heavy atom. The monoisotopic (exact) mass is 438 g/mol. The predicted molar refractivity (Wildman–Crippen MR) is 115 cm³/mol. The summed E-state index contributed by atoms with van der Waals surface area (Å²) in [5.74, 6) is 2.75. The molecule has 0 saturated carbocycles. The summed E-state index contributed by atoms with van der Waals surface area (Å²) in [5.41, 5.74) is 2.30. The zero-order valence-corrected chi connectivity index (χ0v) is 17.3. The zero-order chi connectivity index (χ0) is 20.8. The van der Waals surface area contributed by atoms with Gasteiger partial charge in [0.2, 0.25) is 11.8 Å². The van der Waals surface area contributed by atoms with Gasteiger partial charge in [0.15, 0.2) is 11.6 Å². The average molecular weight is 439 g/mol. The number of hydrogen-bond acceptors (Lipinski definition) is 9. The Balaban J connectivity index is 0.00000272. The summed E-state index contributed by atoms with van der Waals surface area (Å²) in [6, 6.07) is 14.7. The van der Waals surface area contributed by atoms with Crippen molar-refractivity contribution in [3.63, 3.8) is 0 Å². The number of aryl methyl sites for hydroxylation is 1. The van der Waals surface area contributed by atoms with E-state index in [0.717, 1.165) is 11.3 Å². The van der Waals surface area contributed by atoms with E-state index < -0.39 is 0 Å². The van der Waals surface area contributed by atoms with Gasteiger partial charge in [-0.3, -0.25) is 0 Å². The predicted octanol–water partition coefficient (Wildman–Crippen LogP) is 3.72. The van der Waals surface area contributed by atoms with Crippen LogP contribution in [0.15, 0.2) is 53.2 Å². The van der Waals surface area contributed by atoms with Gasteiger partial charge in [-0.15, -0.1) is 12.4 Å². The van der Waals surface area contributed by atoms with Crippen molar-refractivity contribution in [3.05, 3.63) is 71.2 Å². The van der Waals surface area contributed by atoms with Crippen molar-refractivity contribution in [2.75, 3.05) is 10.6 Å². The Hall–Kier alpha value is -4.10. The molecule has 31 heavy (non-hydrogen) atoms. The molecule has 0 aliphatic carbocycles. The van der Waals surface area contributed by atoms with Crippen LogP contribution in [0.3, 0.4) is 0 Å². The molecule has 0 bridgehead atoms. The topological polar surface area (TPSA) is 138 Å². The second kappa shape index (κ2) is 10.1. The molecule has 0 atom stereocenters. The maximum Gasteiger partial charge on any atom is 0.224 e. The van der Waals surface area contributed by atoms with Crippen LogP contribution in [0.1, 0.15) is 22.6 Å². The van der Waals surface area contributed by atoms with Crippen LogP contribution in [0.5, 0.6) is 5.88 Å². The van der Waals surface area contributed by atoms with Crippen molar-refractivity contribution < 1.29 is 9.26 Å². The number of nitrogens with zero attached hydrogens (tertiary/aromatic N) is 5. The van der Waals surface area contributed by atoms with Crippen LogP contribution in [0, 0.1) is 18.3 Å². The van der Waals surface area contributed by atoms with E-state index in [9.17, 15) is 0 Å². The van der Waals surface area contributed by atoms with Crippen LogP contribution in [0.4, 0.5) is 17.6 Å². The summed E-state index contributed by atoms with van der Waals surface area (Å²) >= 11 is 0. The molecule has 0 saturated heterocycles. The fraction of sp³-hybridized carbons (Fsp3) is 0.150. The molecule has 1 aromatic carbocycles. The van der Waals surface area contributed by atoms with Gasteiger partial charge in [0.25, 0.3) is 0 Å². The van der Waals surface area contributed by atoms with Gasteiger partial charge in [0, 0.05) is 18.3 Å². The molecule has 0 aliphatic heterocycles. The van der Waals surface area contributed by atoms with E-state index in [1.807, 2.05) is 25.1 Å². The molecule has 0 aliphatic rings. The van der Waals surface area contributed by atoms with Crippen molar-refractivity contribution in [1.29, 1.82) is 5.26 Å². The highest BCUT2D eigenvalue weighted by Crippen LogP contribution is 2.19. The van der Waals surface area contributed by atoms with Gasteiger partial charge in [-0.1, -0.05) is 17.3 Å². The lowest BCUT2D eigenvalue weighted by Crippen LogP contribution is -2.04. The van der Waals surface area contributed by atoms with Crippen LogP contribution in [-0.2, 0) is 13.2 Å². The summed E-state index contributed by atoms with van der Waals surface area (Å²) in [5, 5.41) is 26.0. The number of aromatic amines is 1. The van der Waals surface area contributed by atoms with Crippen LogP contribution < -0.4 is 15.4 Å². The molecule has 11 heteroatoms. The quantitative estimate of drug-likeness (QED) is 0.375. The second-order valence-corrected chi connectivity index (χ2v) is 6.40. The minimum atomic E-state index is 0. The Labute approximate surface area is 184 Å².